The molecule has 2 amide bonds. The van der Waals surface area contributed by atoms with Crippen LogP contribution in [-0.4, -0.2) is 40.8 Å². The molecule has 36 heavy (non-hydrogen) atoms. The van der Waals surface area contributed by atoms with Crippen molar-refractivity contribution in [1.29, 1.82) is 0 Å². The van der Waals surface area contributed by atoms with E-state index < -0.39 is 23.7 Å². The Morgan fingerprint density at radius 3 is 2.14 bits per heavy atom. The predicted octanol–water partition coefficient (Wildman–Crippen LogP) is 6.12. The third-order valence-electron chi connectivity index (χ3n) is 5.99. The summed E-state index contributed by atoms with van der Waals surface area (Å²) in [5.41, 5.74) is 1.22. The zero-order chi connectivity index (χ0) is 25.9. The summed E-state index contributed by atoms with van der Waals surface area (Å²) in [5.74, 6) is -1.32. The summed E-state index contributed by atoms with van der Waals surface area (Å²) in [6.07, 6.45) is -4.47. The van der Waals surface area contributed by atoms with Crippen LogP contribution in [0.3, 0.4) is 0 Å². The Bertz CT molecular complexity index is 1210. The van der Waals surface area contributed by atoms with E-state index in [9.17, 15) is 22.8 Å². The first kappa shape index (κ1) is 26.0. The third-order valence-corrected chi connectivity index (χ3v) is 6.47. The van der Waals surface area contributed by atoms with E-state index in [2.05, 4.69) is 5.32 Å². The predicted molar refractivity (Wildman–Crippen MR) is 133 cm³/mol. The minimum Gasteiger partial charge on any atom is -0.325 e. The van der Waals surface area contributed by atoms with Crippen molar-refractivity contribution >= 4 is 40.7 Å². The Hall–Kier alpha value is -3.07. The van der Waals surface area contributed by atoms with Gasteiger partial charge in [-0.3, -0.25) is 14.6 Å². The van der Waals surface area contributed by atoms with Gasteiger partial charge in [-0.1, -0.05) is 54.1 Å². The van der Waals surface area contributed by atoms with Crippen LogP contribution in [0.4, 0.5) is 18.9 Å². The maximum absolute atomic E-state index is 13.0. The molecular weight excluding hydrogens is 514 g/mol. The summed E-state index contributed by atoms with van der Waals surface area (Å²) < 4.78 is 38.5. The molecule has 3 aromatic rings. The van der Waals surface area contributed by atoms with Gasteiger partial charge >= 0.3 is 6.18 Å². The average Bonchev–Trinajstić information content (AvgIpc) is 3.23. The minimum absolute atomic E-state index is 0.168. The van der Waals surface area contributed by atoms with Crippen LogP contribution < -0.4 is 5.32 Å². The summed E-state index contributed by atoms with van der Waals surface area (Å²) in [4.78, 5) is 25.9. The summed E-state index contributed by atoms with van der Waals surface area (Å²) in [6.45, 7) is 0.150. The smallest absolute Gasteiger partial charge is 0.325 e. The fourth-order valence-electron chi connectivity index (χ4n) is 4.41. The first-order valence-electron chi connectivity index (χ1n) is 11.1. The highest BCUT2D eigenvalue weighted by Gasteiger charge is 2.44. The zero-order valence-corrected chi connectivity index (χ0v) is 20.4. The Kier molecular flexibility index (Phi) is 7.88. The summed E-state index contributed by atoms with van der Waals surface area (Å²) >= 11 is 12.0. The number of benzene rings is 3. The van der Waals surface area contributed by atoms with Crippen LogP contribution in [0.15, 0.2) is 78.9 Å². The van der Waals surface area contributed by atoms with E-state index in [0.29, 0.717) is 11.6 Å². The number of anilines is 1. The van der Waals surface area contributed by atoms with E-state index in [-0.39, 0.29) is 29.9 Å². The van der Waals surface area contributed by atoms with Crippen LogP contribution >= 0.6 is 23.2 Å². The maximum Gasteiger partial charge on any atom is 0.416 e. The number of nitrogens with zero attached hydrogens (tertiary/aromatic N) is 2. The molecule has 0 radical (unpaired) electrons. The SMILES string of the molecule is O=C(CN1CC(c2ccccc2)C(c2ccc(Cl)cc2)N1C(=O)CCl)Nc1ccc(C(F)(F)F)cc1. The fourth-order valence-corrected chi connectivity index (χ4v) is 4.65. The van der Waals surface area contributed by atoms with Gasteiger partial charge in [0.25, 0.3) is 5.91 Å². The monoisotopic (exact) mass is 535 g/mol. The van der Waals surface area contributed by atoms with E-state index in [1.807, 2.05) is 42.5 Å². The van der Waals surface area contributed by atoms with Crippen molar-refractivity contribution in [2.75, 3.05) is 24.3 Å². The van der Waals surface area contributed by atoms with Gasteiger partial charge in [0.15, 0.2) is 0 Å². The number of amides is 2. The second kappa shape index (κ2) is 10.9. The van der Waals surface area contributed by atoms with E-state index in [0.717, 1.165) is 23.3 Å². The zero-order valence-electron chi connectivity index (χ0n) is 18.9. The van der Waals surface area contributed by atoms with Gasteiger partial charge in [-0.25, -0.2) is 5.01 Å². The number of hydrogen-bond acceptors (Lipinski definition) is 3. The molecule has 1 aliphatic rings. The van der Waals surface area contributed by atoms with Gasteiger partial charge in [0.05, 0.1) is 18.2 Å². The van der Waals surface area contributed by atoms with Crippen LogP contribution in [0, 0.1) is 0 Å². The maximum atomic E-state index is 13.0. The number of carbonyl (C=O) groups excluding carboxylic acids is 2. The highest BCUT2D eigenvalue weighted by Crippen LogP contribution is 2.43. The molecule has 1 fully saturated rings. The Morgan fingerprint density at radius 1 is 0.917 bits per heavy atom. The summed E-state index contributed by atoms with van der Waals surface area (Å²) in [7, 11) is 0. The second-order valence-electron chi connectivity index (χ2n) is 8.36. The normalized spacial score (nSPS) is 18.3. The molecule has 0 saturated carbocycles. The molecule has 0 aliphatic carbocycles. The molecular formula is C26H22Cl2F3N3O2. The van der Waals surface area contributed by atoms with Crippen molar-refractivity contribution in [3.05, 3.63) is 101 Å². The first-order chi connectivity index (χ1) is 17.2. The molecule has 0 aromatic heterocycles. The molecule has 5 nitrogen and oxygen atoms in total. The molecule has 3 aromatic carbocycles. The van der Waals surface area contributed by atoms with E-state index >= 15 is 0 Å². The fraction of sp³-hybridized carbons (Fsp3) is 0.231. The lowest BCUT2D eigenvalue weighted by Gasteiger charge is -2.32. The summed E-state index contributed by atoms with van der Waals surface area (Å²) in [5, 5.41) is 6.28. The van der Waals surface area contributed by atoms with Crippen LogP contribution in [-0.2, 0) is 15.8 Å². The number of halogens is 5. The molecule has 2 unspecified atom stereocenters. The molecule has 1 N–H and O–H groups in total. The van der Waals surface area contributed by atoms with Crippen LogP contribution in [0.5, 0.6) is 0 Å². The number of nitrogens with one attached hydrogen (secondary N) is 1. The van der Waals surface area contributed by atoms with Crippen LogP contribution in [0.2, 0.25) is 5.02 Å². The Balaban J connectivity index is 1.60. The number of alkyl halides is 4. The van der Waals surface area contributed by atoms with Crippen molar-refractivity contribution in [2.24, 2.45) is 0 Å². The quantitative estimate of drug-likeness (QED) is 0.387. The van der Waals surface area contributed by atoms with Crippen LogP contribution in [0.1, 0.15) is 28.7 Å². The molecule has 0 bridgehead atoms. The van der Waals surface area contributed by atoms with Crippen molar-refractivity contribution in [2.45, 2.75) is 18.1 Å². The van der Waals surface area contributed by atoms with Gasteiger partial charge in [0.1, 0.15) is 5.88 Å². The molecule has 10 heteroatoms. The lowest BCUT2D eigenvalue weighted by molar-refractivity contribution is -0.146. The van der Waals surface area contributed by atoms with Crippen LogP contribution in [0.25, 0.3) is 0 Å². The summed E-state index contributed by atoms with van der Waals surface area (Å²) in [6, 6.07) is 20.5. The molecule has 1 aliphatic heterocycles. The lowest BCUT2D eigenvalue weighted by atomic mass is 9.88. The number of carbonyl (C=O) groups is 2. The van der Waals surface area contributed by atoms with Crippen molar-refractivity contribution in [3.8, 4) is 0 Å². The van der Waals surface area contributed by atoms with E-state index in [1.54, 1.807) is 17.1 Å². The van der Waals surface area contributed by atoms with Crippen molar-refractivity contribution < 1.29 is 22.8 Å². The number of hydrazine groups is 1. The van der Waals surface area contributed by atoms with Gasteiger partial charge < -0.3 is 5.32 Å². The van der Waals surface area contributed by atoms with Gasteiger partial charge in [-0.05, 0) is 47.5 Å². The minimum atomic E-state index is -4.47. The molecule has 0 spiro atoms. The Labute approximate surface area is 216 Å². The van der Waals surface area contributed by atoms with E-state index in [1.165, 1.54) is 17.1 Å². The second-order valence-corrected chi connectivity index (χ2v) is 9.06. The lowest BCUT2D eigenvalue weighted by Crippen LogP contribution is -2.46. The molecule has 188 valence electrons. The van der Waals surface area contributed by atoms with Crippen molar-refractivity contribution in [1.82, 2.24) is 10.0 Å². The van der Waals surface area contributed by atoms with Crippen molar-refractivity contribution in [3.63, 3.8) is 0 Å². The largest absolute Gasteiger partial charge is 0.416 e. The molecule has 1 saturated heterocycles. The number of rotatable bonds is 6. The highest BCUT2D eigenvalue weighted by atomic mass is 35.5. The third kappa shape index (κ3) is 5.83. The topological polar surface area (TPSA) is 52.7 Å². The first-order valence-corrected chi connectivity index (χ1v) is 12.0. The van der Waals surface area contributed by atoms with Gasteiger partial charge in [-0.15, -0.1) is 11.6 Å². The van der Waals surface area contributed by atoms with Gasteiger partial charge in [-0.2, -0.15) is 13.2 Å². The molecule has 1 heterocycles. The highest BCUT2D eigenvalue weighted by molar-refractivity contribution is 6.30. The number of hydrogen-bond donors (Lipinski definition) is 1. The van der Waals surface area contributed by atoms with Gasteiger partial charge in [0, 0.05) is 23.2 Å². The van der Waals surface area contributed by atoms with E-state index in [4.69, 9.17) is 23.2 Å². The Morgan fingerprint density at radius 2 is 1.56 bits per heavy atom. The standard InChI is InChI=1S/C26H22Cl2F3N3O2/c27-14-24(36)34-25(18-6-10-20(28)11-7-18)22(17-4-2-1-3-5-17)15-33(34)16-23(35)32-21-12-8-19(9-13-21)26(29,30)31/h1-13,22,25H,14-16H2,(H,32,35). The van der Waals surface area contributed by atoms with Gasteiger partial charge in [0.2, 0.25) is 5.91 Å². The molecule has 4 rings (SSSR count). The molecule has 2 atom stereocenters. The average molecular weight is 536 g/mol.